The second kappa shape index (κ2) is 14.0. The van der Waals surface area contributed by atoms with Crippen LogP contribution in [0.1, 0.15) is 69.7 Å². The molecule has 0 saturated carbocycles. The predicted molar refractivity (Wildman–Crippen MR) is 154 cm³/mol. The van der Waals surface area contributed by atoms with Crippen molar-refractivity contribution < 1.29 is 29.0 Å². The Hall–Kier alpha value is -3.79. The van der Waals surface area contributed by atoms with Crippen molar-refractivity contribution in [1.29, 1.82) is 0 Å². The SMILES string of the molecule is CCCCN(C(=O)C(CC(N)=O)NC(=O)OC(C)(C)C)C(C(=O)Nc1c(C)cccc1Cl)c1cccc(C)c1O. The predicted octanol–water partition coefficient (Wildman–Crippen LogP) is 4.74. The van der Waals surface area contributed by atoms with Gasteiger partial charge in [-0.05, 0) is 58.2 Å². The molecule has 0 aromatic heterocycles. The minimum Gasteiger partial charge on any atom is -0.507 e. The highest BCUT2D eigenvalue weighted by Gasteiger charge is 2.38. The van der Waals surface area contributed by atoms with E-state index in [0.717, 1.165) is 0 Å². The Labute approximate surface area is 240 Å². The van der Waals surface area contributed by atoms with Crippen molar-refractivity contribution in [2.24, 2.45) is 5.73 Å². The summed E-state index contributed by atoms with van der Waals surface area (Å²) in [6.07, 6.45) is -0.295. The summed E-state index contributed by atoms with van der Waals surface area (Å²) in [7, 11) is 0. The lowest BCUT2D eigenvalue weighted by Crippen LogP contribution is -2.53. The molecule has 2 atom stereocenters. The topological polar surface area (TPSA) is 151 Å². The highest BCUT2D eigenvalue weighted by molar-refractivity contribution is 6.34. The Morgan fingerprint density at radius 2 is 1.70 bits per heavy atom. The number of rotatable bonds is 11. The van der Waals surface area contributed by atoms with E-state index >= 15 is 0 Å². The van der Waals surface area contributed by atoms with Gasteiger partial charge >= 0.3 is 6.09 Å². The van der Waals surface area contributed by atoms with Gasteiger partial charge in [0.2, 0.25) is 11.8 Å². The average molecular weight is 575 g/mol. The molecular weight excluding hydrogens is 536 g/mol. The molecule has 0 aliphatic heterocycles. The summed E-state index contributed by atoms with van der Waals surface area (Å²) in [5.41, 5.74) is 6.27. The minimum atomic E-state index is -1.42. The monoisotopic (exact) mass is 574 g/mol. The molecule has 40 heavy (non-hydrogen) atoms. The van der Waals surface area contributed by atoms with Crippen LogP contribution in [-0.2, 0) is 19.1 Å². The van der Waals surface area contributed by atoms with Crippen molar-refractivity contribution >= 4 is 41.1 Å². The molecule has 2 rings (SSSR count). The smallest absolute Gasteiger partial charge is 0.408 e. The maximum Gasteiger partial charge on any atom is 0.408 e. The largest absolute Gasteiger partial charge is 0.507 e. The minimum absolute atomic E-state index is 0.0770. The molecule has 0 fully saturated rings. The van der Waals surface area contributed by atoms with E-state index in [1.165, 1.54) is 4.90 Å². The van der Waals surface area contributed by atoms with Gasteiger partial charge in [0.05, 0.1) is 17.1 Å². The number of nitrogens with one attached hydrogen (secondary N) is 2. The van der Waals surface area contributed by atoms with Crippen LogP contribution in [0.15, 0.2) is 36.4 Å². The Bertz CT molecular complexity index is 1220. The number of para-hydroxylation sites is 2. The molecule has 0 spiro atoms. The molecule has 0 saturated heterocycles. The van der Waals surface area contributed by atoms with E-state index in [-0.39, 0.29) is 17.9 Å². The van der Waals surface area contributed by atoms with Crippen molar-refractivity contribution in [2.45, 2.75) is 78.5 Å². The fraction of sp³-hybridized carbons (Fsp3) is 0.448. The number of nitrogens with zero attached hydrogens (tertiary/aromatic N) is 1. The number of aromatic hydroxyl groups is 1. The number of carbonyl (C=O) groups excluding carboxylic acids is 4. The van der Waals surface area contributed by atoms with E-state index in [1.807, 2.05) is 6.92 Å². The number of nitrogens with two attached hydrogens (primary N) is 1. The first-order chi connectivity index (χ1) is 18.7. The van der Waals surface area contributed by atoms with Crippen LogP contribution in [0.3, 0.4) is 0 Å². The molecule has 5 N–H and O–H groups in total. The van der Waals surface area contributed by atoms with Crippen LogP contribution in [0.2, 0.25) is 5.02 Å². The van der Waals surface area contributed by atoms with Gasteiger partial charge in [0.25, 0.3) is 5.91 Å². The number of benzene rings is 2. The standard InChI is InChI=1S/C29H39ClN4O6/c1-7-8-15-34(27(38)21(16-22(31)35)32-28(39)40-29(4,5)6)24(19-13-9-12-18(3)25(19)36)26(37)33-23-17(2)11-10-14-20(23)30/h9-14,21,24,36H,7-8,15-16H2,1-6H3,(H2,31,35)(H,32,39)(H,33,37). The number of unbranched alkanes of at least 4 members (excludes halogenated alkanes) is 1. The van der Waals surface area contributed by atoms with E-state index in [9.17, 15) is 24.3 Å². The highest BCUT2D eigenvalue weighted by atomic mass is 35.5. The highest BCUT2D eigenvalue weighted by Crippen LogP contribution is 2.34. The number of primary amides is 1. The molecule has 2 unspecified atom stereocenters. The number of carbonyl (C=O) groups is 4. The number of phenols is 1. The summed E-state index contributed by atoms with van der Waals surface area (Å²) in [5.74, 6) is -2.39. The molecule has 0 bridgehead atoms. The van der Waals surface area contributed by atoms with Crippen molar-refractivity contribution in [3.8, 4) is 5.75 Å². The second-order valence-corrected chi connectivity index (χ2v) is 11.0. The van der Waals surface area contributed by atoms with Crippen LogP contribution in [0, 0.1) is 13.8 Å². The number of hydrogen-bond donors (Lipinski definition) is 4. The van der Waals surface area contributed by atoms with Crippen LogP contribution >= 0.6 is 11.6 Å². The zero-order valence-corrected chi connectivity index (χ0v) is 24.6. The number of anilines is 1. The molecule has 2 aromatic rings. The number of hydrogen-bond acceptors (Lipinski definition) is 6. The summed E-state index contributed by atoms with van der Waals surface area (Å²) in [4.78, 5) is 53.8. The van der Waals surface area contributed by atoms with E-state index in [0.29, 0.717) is 34.7 Å². The number of phenolic OH excluding ortho intramolecular Hbond substituents is 1. The molecule has 10 nitrogen and oxygen atoms in total. The summed E-state index contributed by atoms with van der Waals surface area (Å²) in [5, 5.41) is 16.5. The van der Waals surface area contributed by atoms with Crippen molar-refractivity contribution in [3.05, 3.63) is 58.1 Å². The Kier molecular flexibility index (Phi) is 11.4. The van der Waals surface area contributed by atoms with Crippen molar-refractivity contribution in [2.75, 3.05) is 11.9 Å². The molecule has 0 aliphatic rings. The Morgan fingerprint density at radius 1 is 1.07 bits per heavy atom. The first kappa shape index (κ1) is 32.4. The lowest BCUT2D eigenvalue weighted by atomic mass is 9.98. The summed E-state index contributed by atoms with van der Waals surface area (Å²) < 4.78 is 5.29. The number of ether oxygens (including phenoxy) is 1. The molecule has 0 aliphatic carbocycles. The van der Waals surface area contributed by atoms with Gasteiger partial charge in [-0.1, -0.05) is 55.3 Å². The Balaban J connectivity index is 2.64. The van der Waals surface area contributed by atoms with Gasteiger partial charge in [0.1, 0.15) is 23.4 Å². The van der Waals surface area contributed by atoms with Gasteiger partial charge in [0, 0.05) is 12.1 Å². The van der Waals surface area contributed by atoms with E-state index < -0.39 is 47.9 Å². The van der Waals surface area contributed by atoms with Gasteiger partial charge in [0.15, 0.2) is 0 Å². The van der Waals surface area contributed by atoms with Crippen LogP contribution in [-0.4, -0.2) is 52.0 Å². The quantitative estimate of drug-likeness (QED) is 0.304. The van der Waals surface area contributed by atoms with Crippen LogP contribution in [0.5, 0.6) is 5.75 Å². The first-order valence-corrected chi connectivity index (χ1v) is 13.5. The van der Waals surface area contributed by atoms with Gasteiger partial charge in [-0.25, -0.2) is 4.79 Å². The van der Waals surface area contributed by atoms with Crippen LogP contribution in [0.25, 0.3) is 0 Å². The number of aryl methyl sites for hydroxylation is 2. The zero-order chi connectivity index (χ0) is 30.2. The first-order valence-electron chi connectivity index (χ1n) is 13.1. The van der Waals surface area contributed by atoms with Gasteiger partial charge in [-0.2, -0.15) is 0 Å². The summed E-state index contributed by atoms with van der Waals surface area (Å²) in [6.45, 7) is 10.4. The molecule has 4 amide bonds. The van der Waals surface area contributed by atoms with Gasteiger partial charge in [-0.15, -0.1) is 0 Å². The lowest BCUT2D eigenvalue weighted by molar-refractivity contribution is -0.142. The molecule has 11 heteroatoms. The van der Waals surface area contributed by atoms with Crippen molar-refractivity contribution in [3.63, 3.8) is 0 Å². The molecule has 2 aromatic carbocycles. The van der Waals surface area contributed by atoms with Gasteiger partial charge in [-0.3, -0.25) is 14.4 Å². The average Bonchev–Trinajstić information content (AvgIpc) is 2.84. The summed E-state index contributed by atoms with van der Waals surface area (Å²) >= 11 is 6.37. The number of halogens is 1. The maximum atomic E-state index is 14.0. The second-order valence-electron chi connectivity index (χ2n) is 10.6. The normalized spacial score (nSPS) is 12.7. The fourth-order valence-electron chi connectivity index (χ4n) is 4.08. The number of alkyl carbamates (subject to hydrolysis) is 1. The van der Waals surface area contributed by atoms with E-state index in [4.69, 9.17) is 22.1 Å². The third-order valence-electron chi connectivity index (χ3n) is 6.02. The fourth-order valence-corrected chi connectivity index (χ4v) is 4.35. The van der Waals surface area contributed by atoms with E-state index in [2.05, 4.69) is 10.6 Å². The summed E-state index contributed by atoms with van der Waals surface area (Å²) in [6, 6.07) is 7.25. The third-order valence-corrected chi connectivity index (χ3v) is 6.34. The Morgan fingerprint density at radius 3 is 2.27 bits per heavy atom. The van der Waals surface area contributed by atoms with Crippen LogP contribution < -0.4 is 16.4 Å². The maximum absolute atomic E-state index is 14.0. The van der Waals surface area contributed by atoms with Gasteiger partial charge < -0.3 is 31.1 Å². The molecular formula is C29H39ClN4O6. The molecule has 0 radical (unpaired) electrons. The third kappa shape index (κ3) is 8.87. The lowest BCUT2D eigenvalue weighted by Gasteiger charge is -2.35. The molecule has 0 heterocycles. The van der Waals surface area contributed by atoms with Crippen molar-refractivity contribution in [1.82, 2.24) is 10.2 Å². The zero-order valence-electron chi connectivity index (χ0n) is 23.8. The molecule has 218 valence electrons. The number of amides is 4. The van der Waals surface area contributed by atoms with E-state index in [1.54, 1.807) is 71.0 Å². The van der Waals surface area contributed by atoms with Crippen LogP contribution in [0.4, 0.5) is 10.5 Å².